The van der Waals surface area contributed by atoms with Crippen molar-refractivity contribution in [3.63, 3.8) is 0 Å². The van der Waals surface area contributed by atoms with Crippen molar-refractivity contribution in [1.82, 2.24) is 5.32 Å². The molecule has 1 heterocycles. The molecule has 0 spiro atoms. The van der Waals surface area contributed by atoms with Gasteiger partial charge in [0.15, 0.2) is 0 Å². The number of hydrogen-bond acceptors (Lipinski definition) is 5. The molecule has 0 saturated carbocycles. The molecular formula is C16H25NO4. The summed E-state index contributed by atoms with van der Waals surface area (Å²) in [5, 5.41) is 3.35. The van der Waals surface area contributed by atoms with Crippen LogP contribution in [0.2, 0.25) is 0 Å². The largest absolute Gasteiger partial charge is 0.496 e. The van der Waals surface area contributed by atoms with E-state index in [2.05, 4.69) is 12.2 Å². The summed E-state index contributed by atoms with van der Waals surface area (Å²) in [4.78, 5) is 0. The van der Waals surface area contributed by atoms with Crippen LogP contribution in [0.3, 0.4) is 0 Å². The Balaban J connectivity index is 2.48. The molecule has 1 fully saturated rings. The minimum absolute atomic E-state index is 0.0123. The van der Waals surface area contributed by atoms with Crippen LogP contribution in [0.4, 0.5) is 0 Å². The van der Waals surface area contributed by atoms with Gasteiger partial charge in [-0.3, -0.25) is 0 Å². The maximum atomic E-state index is 5.92. The Kier molecular flexibility index (Phi) is 5.31. The molecule has 0 bridgehead atoms. The highest BCUT2D eigenvalue weighted by Crippen LogP contribution is 2.42. The van der Waals surface area contributed by atoms with E-state index in [9.17, 15) is 0 Å². The van der Waals surface area contributed by atoms with Gasteiger partial charge in [0, 0.05) is 18.7 Å². The van der Waals surface area contributed by atoms with E-state index in [1.54, 1.807) is 21.3 Å². The molecule has 1 saturated heterocycles. The normalized spacial score (nSPS) is 22.9. The second kappa shape index (κ2) is 7.00. The van der Waals surface area contributed by atoms with Gasteiger partial charge in [-0.25, -0.2) is 0 Å². The molecule has 5 heteroatoms. The molecule has 1 aliphatic rings. The third-order valence-electron chi connectivity index (χ3n) is 4.15. The third-order valence-corrected chi connectivity index (χ3v) is 4.15. The SMILES string of the molecule is CNC(c1c(OC)cc(OC)cc1OC)C1OCCC1C. The summed E-state index contributed by atoms with van der Waals surface area (Å²) in [6.45, 7) is 3.01. The lowest BCUT2D eigenvalue weighted by Gasteiger charge is -2.29. The van der Waals surface area contributed by atoms with Crippen LogP contribution in [0.25, 0.3) is 0 Å². The zero-order valence-electron chi connectivity index (χ0n) is 13.4. The van der Waals surface area contributed by atoms with Gasteiger partial charge in [0.05, 0.1) is 39.0 Å². The first-order chi connectivity index (χ1) is 10.2. The van der Waals surface area contributed by atoms with Gasteiger partial charge in [-0.1, -0.05) is 6.92 Å². The van der Waals surface area contributed by atoms with Crippen LogP contribution in [0, 0.1) is 5.92 Å². The van der Waals surface area contributed by atoms with Crippen LogP contribution in [0.1, 0.15) is 24.9 Å². The predicted octanol–water partition coefficient (Wildman–Crippen LogP) is 2.40. The van der Waals surface area contributed by atoms with E-state index in [4.69, 9.17) is 18.9 Å². The molecule has 1 N–H and O–H groups in total. The Labute approximate surface area is 126 Å². The summed E-state index contributed by atoms with van der Waals surface area (Å²) in [6.07, 6.45) is 1.18. The number of benzene rings is 1. The number of methoxy groups -OCH3 is 3. The highest BCUT2D eigenvalue weighted by molar-refractivity contribution is 5.52. The van der Waals surface area contributed by atoms with E-state index in [-0.39, 0.29) is 12.1 Å². The topological polar surface area (TPSA) is 49.0 Å². The van der Waals surface area contributed by atoms with Gasteiger partial charge in [-0.05, 0) is 19.4 Å². The van der Waals surface area contributed by atoms with Crippen molar-refractivity contribution in [3.05, 3.63) is 17.7 Å². The van der Waals surface area contributed by atoms with E-state index >= 15 is 0 Å². The van der Waals surface area contributed by atoms with Gasteiger partial charge in [-0.2, -0.15) is 0 Å². The van der Waals surface area contributed by atoms with Crippen molar-refractivity contribution in [2.75, 3.05) is 35.0 Å². The molecular weight excluding hydrogens is 270 g/mol. The first-order valence-corrected chi connectivity index (χ1v) is 7.25. The van der Waals surface area contributed by atoms with Crippen LogP contribution < -0.4 is 19.5 Å². The zero-order chi connectivity index (χ0) is 15.4. The first-order valence-electron chi connectivity index (χ1n) is 7.25. The quantitative estimate of drug-likeness (QED) is 0.873. The standard InChI is InChI=1S/C16H25NO4/c1-10-6-7-21-16(10)15(17-2)14-12(19-4)8-11(18-3)9-13(14)20-5/h8-10,15-17H,6-7H2,1-5H3. The first kappa shape index (κ1) is 15.9. The monoisotopic (exact) mass is 295 g/mol. The Bertz CT molecular complexity index is 452. The molecule has 118 valence electrons. The Morgan fingerprint density at radius 1 is 1.14 bits per heavy atom. The number of ether oxygens (including phenoxy) is 4. The van der Waals surface area contributed by atoms with Crippen molar-refractivity contribution in [2.24, 2.45) is 5.92 Å². The molecule has 0 radical (unpaired) electrons. The molecule has 0 aliphatic carbocycles. The summed E-state index contributed by atoms with van der Waals surface area (Å²) < 4.78 is 22.3. The summed E-state index contributed by atoms with van der Waals surface area (Å²) in [5.41, 5.74) is 0.974. The van der Waals surface area contributed by atoms with E-state index < -0.39 is 0 Å². The minimum Gasteiger partial charge on any atom is -0.496 e. The van der Waals surface area contributed by atoms with Crippen LogP contribution in [-0.2, 0) is 4.74 Å². The maximum Gasteiger partial charge on any atom is 0.131 e. The summed E-state index contributed by atoms with van der Waals surface area (Å²) in [5.74, 6) is 2.68. The Morgan fingerprint density at radius 2 is 1.76 bits per heavy atom. The molecule has 21 heavy (non-hydrogen) atoms. The van der Waals surface area contributed by atoms with E-state index in [1.807, 2.05) is 19.2 Å². The van der Waals surface area contributed by atoms with Crippen molar-refractivity contribution >= 4 is 0 Å². The van der Waals surface area contributed by atoms with Crippen LogP contribution in [0.15, 0.2) is 12.1 Å². The predicted molar refractivity (Wildman–Crippen MR) is 81.4 cm³/mol. The fraction of sp³-hybridized carbons (Fsp3) is 0.625. The average molecular weight is 295 g/mol. The smallest absolute Gasteiger partial charge is 0.131 e. The highest BCUT2D eigenvalue weighted by Gasteiger charge is 2.35. The van der Waals surface area contributed by atoms with Crippen molar-refractivity contribution < 1.29 is 18.9 Å². The second-order valence-electron chi connectivity index (χ2n) is 5.31. The van der Waals surface area contributed by atoms with Gasteiger partial charge >= 0.3 is 0 Å². The lowest BCUT2D eigenvalue weighted by Crippen LogP contribution is -2.33. The lowest BCUT2D eigenvalue weighted by molar-refractivity contribution is 0.0615. The number of hydrogen-bond donors (Lipinski definition) is 1. The van der Waals surface area contributed by atoms with Gasteiger partial charge in [-0.15, -0.1) is 0 Å². The second-order valence-corrected chi connectivity index (χ2v) is 5.31. The summed E-state index contributed by atoms with van der Waals surface area (Å²) in [7, 11) is 6.88. The number of rotatable bonds is 6. The van der Waals surface area contributed by atoms with Crippen LogP contribution in [-0.4, -0.2) is 41.1 Å². The summed E-state index contributed by atoms with van der Waals surface area (Å²) >= 11 is 0. The van der Waals surface area contributed by atoms with Crippen molar-refractivity contribution in [3.8, 4) is 17.2 Å². The fourth-order valence-electron chi connectivity index (χ4n) is 2.96. The molecule has 0 aromatic heterocycles. The van der Waals surface area contributed by atoms with Crippen LogP contribution in [0.5, 0.6) is 17.2 Å². The zero-order valence-corrected chi connectivity index (χ0v) is 13.4. The lowest BCUT2D eigenvalue weighted by atomic mass is 9.91. The molecule has 3 unspecified atom stereocenters. The highest BCUT2D eigenvalue weighted by atomic mass is 16.5. The average Bonchev–Trinajstić information content (AvgIpc) is 2.94. The molecule has 1 aromatic rings. The Hall–Kier alpha value is -1.46. The molecule has 2 rings (SSSR count). The summed E-state index contributed by atoms with van der Waals surface area (Å²) in [6, 6.07) is 3.77. The van der Waals surface area contributed by atoms with E-state index in [1.165, 1.54) is 0 Å². The third kappa shape index (κ3) is 3.09. The van der Waals surface area contributed by atoms with Crippen LogP contribution >= 0.6 is 0 Å². The molecule has 5 nitrogen and oxygen atoms in total. The Morgan fingerprint density at radius 3 is 2.14 bits per heavy atom. The van der Waals surface area contributed by atoms with E-state index in [0.717, 1.165) is 30.1 Å². The van der Waals surface area contributed by atoms with Gasteiger partial charge in [0.25, 0.3) is 0 Å². The maximum absolute atomic E-state index is 5.92. The van der Waals surface area contributed by atoms with Gasteiger partial charge in [0.1, 0.15) is 17.2 Å². The fourth-order valence-corrected chi connectivity index (χ4v) is 2.96. The molecule has 1 aliphatic heterocycles. The van der Waals surface area contributed by atoms with Crippen molar-refractivity contribution in [2.45, 2.75) is 25.5 Å². The minimum atomic E-state index is 0.0123. The molecule has 3 atom stereocenters. The van der Waals surface area contributed by atoms with E-state index in [0.29, 0.717) is 11.7 Å². The number of nitrogens with one attached hydrogen (secondary N) is 1. The molecule has 0 amide bonds. The molecule has 1 aromatic carbocycles. The van der Waals surface area contributed by atoms with Crippen molar-refractivity contribution in [1.29, 1.82) is 0 Å². The van der Waals surface area contributed by atoms with Gasteiger partial charge in [0.2, 0.25) is 0 Å². The number of likely N-dealkylation sites (N-methyl/N-ethyl adjacent to an activating group) is 1. The van der Waals surface area contributed by atoms with Gasteiger partial charge < -0.3 is 24.3 Å².